The van der Waals surface area contributed by atoms with Gasteiger partial charge in [-0.05, 0) is 48.7 Å². The molecule has 1 saturated heterocycles. The molecule has 1 aliphatic heterocycles. The van der Waals surface area contributed by atoms with E-state index in [-0.39, 0.29) is 22.8 Å². The van der Waals surface area contributed by atoms with E-state index >= 15 is 4.39 Å². The molecule has 7 heteroatoms. The molecule has 2 aromatic carbocycles. The lowest BCUT2D eigenvalue weighted by Gasteiger charge is -2.30. The van der Waals surface area contributed by atoms with Gasteiger partial charge in [0.1, 0.15) is 11.6 Å². The third kappa shape index (κ3) is 3.96. The van der Waals surface area contributed by atoms with E-state index in [9.17, 15) is 14.0 Å². The number of carbonyl (C=O) groups excluding carboxylic acids is 1. The van der Waals surface area contributed by atoms with Crippen molar-refractivity contribution in [3.63, 3.8) is 0 Å². The van der Waals surface area contributed by atoms with E-state index in [0.717, 1.165) is 25.9 Å². The summed E-state index contributed by atoms with van der Waals surface area (Å²) in [4.78, 5) is 28.0. The van der Waals surface area contributed by atoms with E-state index in [4.69, 9.17) is 0 Å². The Morgan fingerprint density at radius 2 is 1.78 bits per heavy atom. The number of piperazine rings is 1. The molecule has 0 atom stereocenters. The molecule has 2 aliphatic rings. The summed E-state index contributed by atoms with van der Waals surface area (Å²) in [6, 6.07) is 8.93. The van der Waals surface area contributed by atoms with Gasteiger partial charge in [-0.2, -0.15) is 0 Å². The number of pyridine rings is 1. The van der Waals surface area contributed by atoms with Crippen molar-refractivity contribution in [3.05, 3.63) is 81.7 Å². The molecule has 3 aromatic rings. The summed E-state index contributed by atoms with van der Waals surface area (Å²) < 4.78 is 30.1. The standard InChI is InChI=1S/C25H23F2N3O2/c26-17-4-1-16(2-5-17)3-8-24(31)20-15-30(18-6-7-18)22-14-23(29-11-9-28-10-12-29)21(27)13-19(22)25(20)32/h1-5,8,13-15,18,28H,6-7,9-12H2/b8-3+. The predicted molar refractivity (Wildman–Crippen MR) is 121 cm³/mol. The van der Waals surface area contributed by atoms with Gasteiger partial charge in [0.2, 0.25) is 5.43 Å². The van der Waals surface area contributed by atoms with Crippen molar-refractivity contribution >= 4 is 28.4 Å². The molecule has 164 valence electrons. The number of hydrogen-bond donors (Lipinski definition) is 1. The maximum Gasteiger partial charge on any atom is 0.200 e. The normalized spacial score (nSPS) is 16.8. The molecule has 0 bridgehead atoms. The fraction of sp³-hybridized carbons (Fsp3) is 0.280. The Morgan fingerprint density at radius 3 is 2.47 bits per heavy atom. The van der Waals surface area contributed by atoms with Gasteiger partial charge in [-0.15, -0.1) is 0 Å². The highest BCUT2D eigenvalue weighted by Gasteiger charge is 2.27. The SMILES string of the molecule is O=C(/C=C/c1ccc(F)cc1)c1cn(C2CC2)c2cc(N3CCNCC3)c(F)cc2c1=O. The van der Waals surface area contributed by atoms with Gasteiger partial charge in [-0.3, -0.25) is 9.59 Å². The van der Waals surface area contributed by atoms with Crippen LogP contribution in [0.25, 0.3) is 17.0 Å². The van der Waals surface area contributed by atoms with Gasteiger partial charge in [-0.25, -0.2) is 8.78 Å². The highest BCUT2D eigenvalue weighted by Crippen LogP contribution is 2.38. The van der Waals surface area contributed by atoms with Crippen LogP contribution in [0.4, 0.5) is 14.5 Å². The van der Waals surface area contributed by atoms with Crippen LogP contribution in [0.15, 0.2) is 53.5 Å². The number of benzene rings is 2. The average Bonchev–Trinajstić information content (AvgIpc) is 3.65. The molecule has 2 fully saturated rings. The fourth-order valence-corrected chi connectivity index (χ4v) is 4.17. The number of hydrogen-bond acceptors (Lipinski definition) is 4. The van der Waals surface area contributed by atoms with Gasteiger partial charge in [0.25, 0.3) is 0 Å². The van der Waals surface area contributed by atoms with Crippen LogP contribution in [0, 0.1) is 11.6 Å². The zero-order valence-electron chi connectivity index (χ0n) is 17.5. The van der Waals surface area contributed by atoms with Crippen LogP contribution >= 0.6 is 0 Å². The highest BCUT2D eigenvalue weighted by molar-refractivity contribution is 6.08. The quantitative estimate of drug-likeness (QED) is 0.488. The summed E-state index contributed by atoms with van der Waals surface area (Å²) >= 11 is 0. The fourth-order valence-electron chi connectivity index (χ4n) is 4.17. The van der Waals surface area contributed by atoms with Crippen molar-refractivity contribution in [2.45, 2.75) is 18.9 Å². The van der Waals surface area contributed by atoms with Gasteiger partial charge in [-0.1, -0.05) is 18.2 Å². The molecule has 1 N–H and O–H groups in total. The molecule has 5 nitrogen and oxygen atoms in total. The van der Waals surface area contributed by atoms with Crippen LogP contribution in [-0.2, 0) is 0 Å². The van der Waals surface area contributed by atoms with Crippen LogP contribution in [0.3, 0.4) is 0 Å². The minimum Gasteiger partial charge on any atom is -0.367 e. The Bertz CT molecular complexity index is 1270. The minimum atomic E-state index is -0.476. The highest BCUT2D eigenvalue weighted by atomic mass is 19.1. The second kappa shape index (κ2) is 8.31. The number of aromatic nitrogens is 1. The topological polar surface area (TPSA) is 54.3 Å². The van der Waals surface area contributed by atoms with E-state index in [2.05, 4.69) is 5.32 Å². The Balaban J connectivity index is 1.57. The lowest BCUT2D eigenvalue weighted by Crippen LogP contribution is -2.43. The number of rotatable bonds is 5. The van der Waals surface area contributed by atoms with Crippen LogP contribution in [-0.4, -0.2) is 36.5 Å². The molecular formula is C25H23F2N3O2. The second-order valence-electron chi connectivity index (χ2n) is 8.32. The van der Waals surface area contributed by atoms with E-state index in [0.29, 0.717) is 29.9 Å². The molecule has 0 radical (unpaired) electrons. The van der Waals surface area contributed by atoms with E-state index in [1.807, 2.05) is 9.47 Å². The lowest BCUT2D eigenvalue weighted by molar-refractivity contribution is 0.104. The Morgan fingerprint density at radius 1 is 1.06 bits per heavy atom. The average molecular weight is 435 g/mol. The van der Waals surface area contributed by atoms with E-state index < -0.39 is 17.0 Å². The van der Waals surface area contributed by atoms with Gasteiger partial charge >= 0.3 is 0 Å². The predicted octanol–water partition coefficient (Wildman–Crippen LogP) is 3.92. The molecule has 0 amide bonds. The monoisotopic (exact) mass is 435 g/mol. The van der Waals surface area contributed by atoms with Crippen molar-refractivity contribution in [1.82, 2.24) is 9.88 Å². The van der Waals surface area contributed by atoms with Crippen LogP contribution in [0.2, 0.25) is 0 Å². The van der Waals surface area contributed by atoms with Gasteiger partial charge in [0.15, 0.2) is 5.78 Å². The first kappa shape index (κ1) is 20.6. The third-order valence-corrected chi connectivity index (χ3v) is 6.06. The zero-order valence-corrected chi connectivity index (χ0v) is 17.5. The summed E-state index contributed by atoms with van der Waals surface area (Å²) in [6.07, 6.45) is 6.37. The Labute approximate surface area is 184 Å². The zero-order chi connectivity index (χ0) is 22.2. The number of nitrogens with one attached hydrogen (secondary N) is 1. The van der Waals surface area contributed by atoms with E-state index in [1.165, 1.54) is 24.3 Å². The van der Waals surface area contributed by atoms with Crippen molar-refractivity contribution in [1.29, 1.82) is 0 Å². The third-order valence-electron chi connectivity index (χ3n) is 6.06. The van der Waals surface area contributed by atoms with Crippen LogP contribution in [0.5, 0.6) is 0 Å². The molecular weight excluding hydrogens is 412 g/mol. The van der Waals surface area contributed by atoms with Crippen molar-refractivity contribution in [3.8, 4) is 0 Å². The first-order chi connectivity index (χ1) is 15.5. The molecule has 2 heterocycles. The number of halogens is 2. The molecule has 1 aromatic heterocycles. The molecule has 0 spiro atoms. The summed E-state index contributed by atoms with van der Waals surface area (Å²) in [5, 5.41) is 3.47. The maximum absolute atomic E-state index is 15.0. The molecule has 0 unspecified atom stereocenters. The van der Waals surface area contributed by atoms with Crippen molar-refractivity contribution in [2.75, 3.05) is 31.1 Å². The maximum atomic E-state index is 15.0. The number of ketones is 1. The van der Waals surface area contributed by atoms with Crippen molar-refractivity contribution in [2.24, 2.45) is 0 Å². The first-order valence-corrected chi connectivity index (χ1v) is 10.8. The number of anilines is 1. The van der Waals surface area contributed by atoms with Gasteiger partial charge in [0, 0.05) is 43.8 Å². The molecule has 1 saturated carbocycles. The molecule has 32 heavy (non-hydrogen) atoms. The minimum absolute atomic E-state index is 0.0112. The summed E-state index contributed by atoms with van der Waals surface area (Å²) in [7, 11) is 0. The number of carbonyl (C=O) groups is 1. The second-order valence-corrected chi connectivity index (χ2v) is 8.32. The number of allylic oxidation sites excluding steroid dienone is 1. The molecule has 1 aliphatic carbocycles. The van der Waals surface area contributed by atoms with Crippen LogP contribution in [0.1, 0.15) is 34.8 Å². The Hall–Kier alpha value is -3.32. The Kier molecular flexibility index (Phi) is 5.35. The number of fused-ring (bicyclic) bond motifs is 1. The summed E-state index contributed by atoms with van der Waals surface area (Å²) in [5.41, 5.74) is 1.33. The smallest absolute Gasteiger partial charge is 0.200 e. The number of nitrogens with zero attached hydrogens (tertiary/aromatic N) is 2. The van der Waals surface area contributed by atoms with Crippen molar-refractivity contribution < 1.29 is 13.6 Å². The largest absolute Gasteiger partial charge is 0.367 e. The van der Waals surface area contributed by atoms with E-state index in [1.54, 1.807) is 30.5 Å². The van der Waals surface area contributed by atoms with Gasteiger partial charge < -0.3 is 14.8 Å². The molecule has 5 rings (SSSR count). The van der Waals surface area contributed by atoms with Crippen LogP contribution < -0.4 is 15.6 Å². The first-order valence-electron chi connectivity index (χ1n) is 10.8. The van der Waals surface area contributed by atoms with Gasteiger partial charge in [0.05, 0.1) is 16.8 Å². The summed E-state index contributed by atoms with van der Waals surface area (Å²) in [6.45, 7) is 2.95. The summed E-state index contributed by atoms with van der Waals surface area (Å²) in [5.74, 6) is -1.27. The lowest BCUT2D eigenvalue weighted by atomic mass is 10.1.